The van der Waals surface area contributed by atoms with Crippen LogP contribution in [-0.4, -0.2) is 5.11 Å². The van der Waals surface area contributed by atoms with Crippen molar-refractivity contribution >= 4 is 38.9 Å². The molecule has 0 bridgehead atoms. The van der Waals surface area contributed by atoms with Crippen LogP contribution < -0.4 is 10.6 Å². The van der Waals surface area contributed by atoms with Crippen LogP contribution in [0.2, 0.25) is 0 Å². The summed E-state index contributed by atoms with van der Waals surface area (Å²) < 4.78 is 1.03. The second-order valence-electron chi connectivity index (χ2n) is 5.19. The second kappa shape index (κ2) is 7.05. The summed E-state index contributed by atoms with van der Waals surface area (Å²) in [4.78, 5) is 0. The molecule has 0 aliphatic heterocycles. The first kappa shape index (κ1) is 16.0. The number of thiocarbonyl (C=S) groups is 1. The molecule has 2 N–H and O–H groups in total. The third kappa shape index (κ3) is 4.55. The molecule has 2 aromatic rings. The molecule has 0 aromatic heterocycles. The van der Waals surface area contributed by atoms with Crippen molar-refractivity contribution in [1.82, 2.24) is 5.32 Å². The maximum Gasteiger partial charge on any atom is 0.171 e. The Bertz CT molecular complexity index is 655. The molecule has 0 spiro atoms. The van der Waals surface area contributed by atoms with E-state index in [1.807, 2.05) is 24.3 Å². The highest BCUT2D eigenvalue weighted by Gasteiger charge is 2.09. The van der Waals surface area contributed by atoms with Crippen LogP contribution in [0.3, 0.4) is 0 Å². The van der Waals surface area contributed by atoms with Crippen LogP contribution in [0.15, 0.2) is 46.9 Å². The lowest BCUT2D eigenvalue weighted by Gasteiger charge is -2.19. The van der Waals surface area contributed by atoms with Crippen LogP contribution in [0.5, 0.6) is 0 Å². The largest absolute Gasteiger partial charge is 0.356 e. The van der Waals surface area contributed by atoms with Gasteiger partial charge in [0.2, 0.25) is 0 Å². The van der Waals surface area contributed by atoms with Crippen LogP contribution in [0, 0.1) is 13.8 Å². The second-order valence-corrected chi connectivity index (χ2v) is 6.51. The molecular formula is C17H19BrN2S. The van der Waals surface area contributed by atoms with Crippen molar-refractivity contribution in [1.29, 1.82) is 0 Å². The standard InChI is InChI=1S/C17H19BrN2S/c1-11-7-8-16(12(2)9-11)13(3)19-17(21)20-15-6-4-5-14(18)10-15/h4-10,13H,1-3H3,(H2,19,20,21)/t13-/m1/s1. The highest BCUT2D eigenvalue weighted by atomic mass is 79.9. The van der Waals surface area contributed by atoms with E-state index in [2.05, 4.69) is 65.5 Å². The topological polar surface area (TPSA) is 24.1 Å². The van der Waals surface area contributed by atoms with Crippen LogP contribution >= 0.6 is 28.1 Å². The Labute approximate surface area is 140 Å². The zero-order valence-corrected chi connectivity index (χ0v) is 14.8. The quantitative estimate of drug-likeness (QED) is 0.741. The van der Waals surface area contributed by atoms with E-state index in [9.17, 15) is 0 Å². The lowest BCUT2D eigenvalue weighted by atomic mass is 10.0. The molecule has 1 atom stereocenters. The number of nitrogens with one attached hydrogen (secondary N) is 2. The number of aryl methyl sites for hydroxylation is 2. The minimum atomic E-state index is 0.165. The fourth-order valence-corrected chi connectivity index (χ4v) is 3.01. The Hall–Kier alpha value is -1.39. The Morgan fingerprint density at radius 2 is 1.90 bits per heavy atom. The van der Waals surface area contributed by atoms with E-state index in [1.54, 1.807) is 0 Å². The normalized spacial score (nSPS) is 11.8. The molecule has 0 saturated carbocycles. The van der Waals surface area contributed by atoms with Gasteiger partial charge in [-0.1, -0.05) is 45.8 Å². The molecule has 0 heterocycles. The SMILES string of the molecule is Cc1ccc([C@@H](C)NC(=S)Nc2cccc(Br)c2)c(C)c1. The van der Waals surface area contributed by atoms with Gasteiger partial charge in [0.1, 0.15) is 0 Å². The van der Waals surface area contributed by atoms with Crippen LogP contribution in [0.25, 0.3) is 0 Å². The molecule has 0 aliphatic rings. The van der Waals surface area contributed by atoms with Crippen molar-refractivity contribution in [2.75, 3.05) is 5.32 Å². The van der Waals surface area contributed by atoms with Gasteiger partial charge in [-0.15, -0.1) is 0 Å². The molecule has 0 unspecified atom stereocenters. The van der Waals surface area contributed by atoms with Gasteiger partial charge in [-0.25, -0.2) is 0 Å². The summed E-state index contributed by atoms with van der Waals surface area (Å²) in [5.41, 5.74) is 4.78. The van der Waals surface area contributed by atoms with Crippen molar-refractivity contribution in [3.05, 3.63) is 63.6 Å². The van der Waals surface area contributed by atoms with Crippen molar-refractivity contribution < 1.29 is 0 Å². The van der Waals surface area contributed by atoms with Gasteiger partial charge in [0.25, 0.3) is 0 Å². The lowest BCUT2D eigenvalue weighted by molar-refractivity contribution is 0.717. The molecular weight excluding hydrogens is 344 g/mol. The Balaban J connectivity index is 2.02. The average molecular weight is 363 g/mol. The minimum Gasteiger partial charge on any atom is -0.356 e. The Kier molecular flexibility index (Phi) is 5.37. The summed E-state index contributed by atoms with van der Waals surface area (Å²) in [6, 6.07) is 14.6. The Morgan fingerprint density at radius 3 is 2.57 bits per heavy atom. The van der Waals surface area contributed by atoms with Gasteiger partial charge in [-0.3, -0.25) is 0 Å². The zero-order valence-electron chi connectivity index (χ0n) is 12.4. The molecule has 2 rings (SSSR count). The van der Waals surface area contributed by atoms with Crippen molar-refractivity contribution in [3.63, 3.8) is 0 Å². The Morgan fingerprint density at radius 1 is 1.14 bits per heavy atom. The number of hydrogen-bond donors (Lipinski definition) is 2. The number of halogens is 1. The predicted octanol–water partition coefficient (Wildman–Crippen LogP) is 5.11. The highest BCUT2D eigenvalue weighted by molar-refractivity contribution is 9.10. The van der Waals surface area contributed by atoms with Gasteiger partial charge in [-0.05, 0) is 62.3 Å². The number of anilines is 1. The van der Waals surface area contributed by atoms with E-state index < -0.39 is 0 Å². The first-order valence-electron chi connectivity index (χ1n) is 6.86. The van der Waals surface area contributed by atoms with E-state index in [4.69, 9.17) is 12.2 Å². The molecule has 2 aromatic carbocycles. The van der Waals surface area contributed by atoms with Gasteiger partial charge in [0.15, 0.2) is 5.11 Å². The van der Waals surface area contributed by atoms with E-state index >= 15 is 0 Å². The van der Waals surface area contributed by atoms with Crippen LogP contribution in [0.1, 0.15) is 29.7 Å². The van der Waals surface area contributed by atoms with Crippen molar-refractivity contribution in [2.45, 2.75) is 26.8 Å². The van der Waals surface area contributed by atoms with E-state index in [1.165, 1.54) is 16.7 Å². The van der Waals surface area contributed by atoms with E-state index in [0.29, 0.717) is 5.11 Å². The summed E-state index contributed by atoms with van der Waals surface area (Å²) in [7, 11) is 0. The lowest BCUT2D eigenvalue weighted by Crippen LogP contribution is -2.31. The fourth-order valence-electron chi connectivity index (χ4n) is 2.32. The molecule has 110 valence electrons. The smallest absolute Gasteiger partial charge is 0.171 e. The van der Waals surface area contributed by atoms with Gasteiger partial charge in [-0.2, -0.15) is 0 Å². The van der Waals surface area contributed by atoms with Crippen molar-refractivity contribution in [3.8, 4) is 0 Å². The molecule has 21 heavy (non-hydrogen) atoms. The average Bonchev–Trinajstić information content (AvgIpc) is 2.38. The highest BCUT2D eigenvalue weighted by Crippen LogP contribution is 2.19. The first-order chi connectivity index (χ1) is 9.95. The number of rotatable bonds is 3. The van der Waals surface area contributed by atoms with Crippen molar-refractivity contribution in [2.24, 2.45) is 0 Å². The molecule has 2 nitrogen and oxygen atoms in total. The van der Waals surface area contributed by atoms with E-state index in [-0.39, 0.29) is 6.04 Å². The monoisotopic (exact) mass is 362 g/mol. The van der Waals surface area contributed by atoms with Gasteiger partial charge in [0, 0.05) is 10.2 Å². The minimum absolute atomic E-state index is 0.165. The molecule has 0 saturated heterocycles. The summed E-state index contributed by atoms with van der Waals surface area (Å²) in [5.74, 6) is 0. The van der Waals surface area contributed by atoms with Crippen LogP contribution in [-0.2, 0) is 0 Å². The zero-order chi connectivity index (χ0) is 15.4. The maximum absolute atomic E-state index is 5.39. The first-order valence-corrected chi connectivity index (χ1v) is 8.06. The number of hydrogen-bond acceptors (Lipinski definition) is 1. The third-order valence-electron chi connectivity index (χ3n) is 3.32. The van der Waals surface area contributed by atoms with E-state index in [0.717, 1.165) is 10.2 Å². The predicted molar refractivity (Wildman–Crippen MR) is 97.8 cm³/mol. The van der Waals surface area contributed by atoms with Gasteiger partial charge < -0.3 is 10.6 Å². The summed E-state index contributed by atoms with van der Waals surface area (Å²) in [5, 5.41) is 7.16. The van der Waals surface area contributed by atoms with Gasteiger partial charge in [0.05, 0.1) is 6.04 Å². The summed E-state index contributed by atoms with van der Waals surface area (Å²) >= 11 is 8.84. The molecule has 0 aliphatic carbocycles. The molecule has 4 heteroatoms. The number of benzene rings is 2. The summed E-state index contributed by atoms with van der Waals surface area (Å²) in [6.07, 6.45) is 0. The fraction of sp³-hybridized carbons (Fsp3) is 0.235. The molecule has 0 amide bonds. The molecule has 0 radical (unpaired) electrons. The van der Waals surface area contributed by atoms with Gasteiger partial charge >= 0.3 is 0 Å². The third-order valence-corrected chi connectivity index (χ3v) is 4.04. The maximum atomic E-state index is 5.39. The molecule has 0 fully saturated rings. The summed E-state index contributed by atoms with van der Waals surface area (Å²) in [6.45, 7) is 6.35. The van der Waals surface area contributed by atoms with Crippen LogP contribution in [0.4, 0.5) is 5.69 Å².